The number of halogens is 1. The first-order chi connectivity index (χ1) is 16.3. The molecule has 3 aromatic rings. The van der Waals surface area contributed by atoms with E-state index in [-0.39, 0.29) is 30.5 Å². The zero-order valence-electron chi connectivity index (χ0n) is 20.1. The molecule has 1 N–H and O–H groups in total. The highest BCUT2D eigenvalue weighted by Crippen LogP contribution is 2.34. The van der Waals surface area contributed by atoms with Gasteiger partial charge in [-0.15, -0.1) is 0 Å². The summed E-state index contributed by atoms with van der Waals surface area (Å²) in [5, 5.41) is 3.20. The van der Waals surface area contributed by atoms with Crippen LogP contribution in [0, 0.1) is 5.82 Å². The molecule has 6 heteroatoms. The molecule has 0 atom stereocenters. The van der Waals surface area contributed by atoms with Crippen molar-refractivity contribution < 1.29 is 18.7 Å². The van der Waals surface area contributed by atoms with Gasteiger partial charge in [0.25, 0.3) is 0 Å². The van der Waals surface area contributed by atoms with Crippen LogP contribution in [0.25, 0.3) is 0 Å². The Balaban J connectivity index is 1.64. The van der Waals surface area contributed by atoms with Gasteiger partial charge in [-0.2, -0.15) is 0 Å². The van der Waals surface area contributed by atoms with Crippen LogP contribution in [-0.4, -0.2) is 17.7 Å². The highest BCUT2D eigenvalue weighted by Gasteiger charge is 2.21. The van der Waals surface area contributed by atoms with Crippen LogP contribution in [-0.2, 0) is 13.1 Å². The van der Waals surface area contributed by atoms with E-state index in [9.17, 15) is 9.18 Å². The van der Waals surface area contributed by atoms with Crippen LogP contribution in [0.2, 0.25) is 0 Å². The molecule has 34 heavy (non-hydrogen) atoms. The number of rotatable bonds is 7. The topological polar surface area (TPSA) is 50.8 Å². The number of anilines is 1. The fraction of sp³-hybridized carbons (Fsp3) is 0.321. The molecule has 0 radical (unpaired) electrons. The van der Waals surface area contributed by atoms with Gasteiger partial charge in [-0.3, -0.25) is 0 Å². The predicted octanol–water partition coefficient (Wildman–Crippen LogP) is 7.04. The van der Waals surface area contributed by atoms with E-state index >= 15 is 0 Å². The Morgan fingerprint density at radius 3 is 2.12 bits per heavy atom. The van der Waals surface area contributed by atoms with Crippen LogP contribution in [0.4, 0.5) is 14.9 Å². The quantitative estimate of drug-likeness (QED) is 0.410. The van der Waals surface area contributed by atoms with Crippen molar-refractivity contribution in [1.82, 2.24) is 4.90 Å². The van der Waals surface area contributed by atoms with Crippen LogP contribution in [0.5, 0.6) is 11.5 Å². The largest absolute Gasteiger partial charge is 0.454 e. The second-order valence-electron chi connectivity index (χ2n) is 9.22. The molecule has 1 aliphatic heterocycles. The van der Waals surface area contributed by atoms with Gasteiger partial charge in [0, 0.05) is 18.8 Å². The van der Waals surface area contributed by atoms with Crippen LogP contribution in [0.1, 0.15) is 61.8 Å². The number of hydrogen-bond donors (Lipinski definition) is 1. The third kappa shape index (κ3) is 5.33. The van der Waals surface area contributed by atoms with Crippen LogP contribution in [0.3, 0.4) is 0 Å². The molecule has 4 rings (SSSR count). The normalized spacial score (nSPS) is 12.3. The molecule has 0 fully saturated rings. The third-order valence-electron chi connectivity index (χ3n) is 5.99. The van der Waals surface area contributed by atoms with Crippen molar-refractivity contribution in [2.45, 2.75) is 52.6 Å². The van der Waals surface area contributed by atoms with Gasteiger partial charge < -0.3 is 19.7 Å². The first kappa shape index (κ1) is 23.6. The summed E-state index contributed by atoms with van der Waals surface area (Å²) >= 11 is 0. The Morgan fingerprint density at radius 1 is 0.882 bits per heavy atom. The molecule has 1 heterocycles. The summed E-state index contributed by atoms with van der Waals surface area (Å²) in [6.45, 7) is 9.39. The van der Waals surface area contributed by atoms with Gasteiger partial charge in [0.15, 0.2) is 11.5 Å². The van der Waals surface area contributed by atoms with Gasteiger partial charge in [0.1, 0.15) is 5.82 Å². The third-order valence-corrected chi connectivity index (χ3v) is 5.99. The molecular formula is C28H31FN2O3. The van der Waals surface area contributed by atoms with Gasteiger partial charge in [0.2, 0.25) is 6.79 Å². The molecule has 0 spiro atoms. The lowest BCUT2D eigenvalue weighted by atomic mass is 9.93. The van der Waals surface area contributed by atoms with Crippen LogP contribution < -0.4 is 14.8 Å². The van der Waals surface area contributed by atoms with E-state index in [0.29, 0.717) is 24.6 Å². The lowest BCUT2D eigenvalue weighted by Gasteiger charge is -2.26. The van der Waals surface area contributed by atoms with E-state index in [0.717, 1.165) is 27.9 Å². The number of para-hydroxylation sites is 1. The summed E-state index contributed by atoms with van der Waals surface area (Å²) in [5.74, 6) is 1.59. The van der Waals surface area contributed by atoms with Gasteiger partial charge in [0.05, 0.1) is 0 Å². The first-order valence-electron chi connectivity index (χ1n) is 11.6. The highest BCUT2D eigenvalue weighted by atomic mass is 19.1. The molecule has 0 saturated heterocycles. The molecule has 2 amide bonds. The number of benzene rings is 3. The van der Waals surface area contributed by atoms with Crippen molar-refractivity contribution in [3.8, 4) is 11.5 Å². The van der Waals surface area contributed by atoms with Crippen molar-refractivity contribution in [1.29, 1.82) is 0 Å². The summed E-state index contributed by atoms with van der Waals surface area (Å²) in [6, 6.07) is 17.9. The van der Waals surface area contributed by atoms with Crippen molar-refractivity contribution in [2.24, 2.45) is 0 Å². The fourth-order valence-corrected chi connectivity index (χ4v) is 4.15. The van der Waals surface area contributed by atoms with Crippen LogP contribution >= 0.6 is 0 Å². The van der Waals surface area contributed by atoms with E-state index in [1.54, 1.807) is 17.0 Å². The molecule has 178 valence electrons. The van der Waals surface area contributed by atoms with Crippen LogP contribution in [0.15, 0.2) is 60.7 Å². The number of urea groups is 1. The summed E-state index contributed by atoms with van der Waals surface area (Å²) < 4.78 is 24.4. The van der Waals surface area contributed by atoms with Gasteiger partial charge in [-0.05, 0) is 58.4 Å². The minimum atomic E-state index is -0.303. The molecule has 5 nitrogen and oxygen atoms in total. The van der Waals surface area contributed by atoms with Crippen molar-refractivity contribution in [3.05, 3.63) is 88.7 Å². The predicted molar refractivity (Wildman–Crippen MR) is 132 cm³/mol. The Bertz CT molecular complexity index is 1130. The average Bonchev–Trinajstić information content (AvgIpc) is 3.27. The molecule has 0 saturated carbocycles. The SMILES string of the molecule is CC(C)c1cccc(C(C)C)c1NC(=O)N(Cc1ccc(F)cc1)Cc1ccc2c(c1)OCO2. The summed E-state index contributed by atoms with van der Waals surface area (Å²) in [6.07, 6.45) is 0. The zero-order valence-corrected chi connectivity index (χ0v) is 20.1. The minimum absolute atomic E-state index is 0.197. The molecule has 0 aromatic heterocycles. The number of amides is 2. The van der Waals surface area contributed by atoms with E-state index in [2.05, 4.69) is 45.1 Å². The maximum absolute atomic E-state index is 13.7. The number of nitrogens with one attached hydrogen (secondary N) is 1. The number of carbonyl (C=O) groups is 1. The Hall–Kier alpha value is -3.54. The van der Waals surface area contributed by atoms with E-state index in [1.807, 2.05) is 24.3 Å². The Labute approximate surface area is 200 Å². The number of carbonyl (C=O) groups excluding carboxylic acids is 1. The number of ether oxygens (including phenoxy) is 2. The summed E-state index contributed by atoms with van der Waals surface area (Å²) in [4.78, 5) is 15.4. The molecule has 0 unspecified atom stereocenters. The highest BCUT2D eigenvalue weighted by molar-refractivity contribution is 5.91. The smallest absolute Gasteiger partial charge is 0.322 e. The van der Waals surface area contributed by atoms with Gasteiger partial charge in [-0.25, -0.2) is 9.18 Å². The second kappa shape index (κ2) is 10.2. The standard InChI is InChI=1S/C28H31FN2O3/c1-18(2)23-6-5-7-24(19(3)4)27(23)30-28(32)31(15-20-8-11-22(29)12-9-20)16-21-10-13-25-26(14-21)34-17-33-25/h5-14,18-19H,15-17H2,1-4H3,(H,30,32). The molecule has 3 aromatic carbocycles. The second-order valence-corrected chi connectivity index (χ2v) is 9.22. The number of fused-ring (bicyclic) bond motifs is 1. The molecule has 0 aliphatic carbocycles. The van der Waals surface area contributed by atoms with Crippen molar-refractivity contribution in [2.75, 3.05) is 12.1 Å². The molecular weight excluding hydrogens is 431 g/mol. The average molecular weight is 463 g/mol. The molecule has 1 aliphatic rings. The maximum atomic E-state index is 13.7. The van der Waals surface area contributed by atoms with E-state index in [4.69, 9.17) is 9.47 Å². The fourth-order valence-electron chi connectivity index (χ4n) is 4.15. The lowest BCUT2D eigenvalue weighted by molar-refractivity contribution is 0.174. The monoisotopic (exact) mass is 462 g/mol. The van der Waals surface area contributed by atoms with E-state index in [1.165, 1.54) is 12.1 Å². The summed E-state index contributed by atoms with van der Waals surface area (Å²) in [5.41, 5.74) is 4.84. The Kier molecular flexibility index (Phi) is 7.06. The van der Waals surface area contributed by atoms with E-state index < -0.39 is 0 Å². The zero-order chi connectivity index (χ0) is 24.2. The maximum Gasteiger partial charge on any atom is 0.322 e. The van der Waals surface area contributed by atoms with Gasteiger partial charge in [-0.1, -0.05) is 64.1 Å². The number of hydrogen-bond acceptors (Lipinski definition) is 3. The minimum Gasteiger partial charge on any atom is -0.454 e. The summed E-state index contributed by atoms with van der Waals surface area (Å²) in [7, 11) is 0. The van der Waals surface area contributed by atoms with Gasteiger partial charge >= 0.3 is 6.03 Å². The lowest BCUT2D eigenvalue weighted by Crippen LogP contribution is -2.34. The number of nitrogens with zero attached hydrogens (tertiary/aromatic N) is 1. The first-order valence-corrected chi connectivity index (χ1v) is 11.6. The molecule has 0 bridgehead atoms. The van der Waals surface area contributed by atoms with Crippen molar-refractivity contribution >= 4 is 11.7 Å². The Morgan fingerprint density at radius 2 is 1.47 bits per heavy atom. The van der Waals surface area contributed by atoms with Crippen molar-refractivity contribution in [3.63, 3.8) is 0 Å².